The first-order chi connectivity index (χ1) is 14.5. The van der Waals surface area contributed by atoms with Crippen molar-refractivity contribution < 1.29 is 18.7 Å². The van der Waals surface area contributed by atoms with Crippen molar-refractivity contribution in [2.24, 2.45) is 5.92 Å². The SMILES string of the molecule is CC1CCC(NC(=O)C2(C)Cn3c(cc4occc43)C(=O)N2CC2CCCO2)CC1. The lowest BCUT2D eigenvalue weighted by molar-refractivity contribution is -0.134. The average molecular weight is 414 g/mol. The molecule has 5 rings (SSSR count). The number of ether oxygens (including phenoxy) is 1. The van der Waals surface area contributed by atoms with Crippen molar-refractivity contribution in [2.75, 3.05) is 13.2 Å². The number of amides is 2. The molecule has 2 fully saturated rings. The monoisotopic (exact) mass is 413 g/mol. The smallest absolute Gasteiger partial charge is 0.271 e. The van der Waals surface area contributed by atoms with Crippen LogP contribution in [0, 0.1) is 5.92 Å². The third kappa shape index (κ3) is 3.23. The predicted molar refractivity (Wildman–Crippen MR) is 112 cm³/mol. The lowest BCUT2D eigenvalue weighted by atomic mass is 9.86. The van der Waals surface area contributed by atoms with Gasteiger partial charge in [-0.2, -0.15) is 0 Å². The molecule has 2 aliphatic heterocycles. The molecular weight excluding hydrogens is 382 g/mol. The Kier molecular flexibility index (Phi) is 4.88. The molecule has 2 amide bonds. The molecular formula is C23H31N3O4. The van der Waals surface area contributed by atoms with Gasteiger partial charge in [-0.3, -0.25) is 9.59 Å². The number of rotatable bonds is 4. The van der Waals surface area contributed by atoms with Gasteiger partial charge in [0.15, 0.2) is 5.58 Å². The van der Waals surface area contributed by atoms with E-state index in [0.717, 1.165) is 56.6 Å². The van der Waals surface area contributed by atoms with Crippen LogP contribution in [0.1, 0.15) is 62.9 Å². The van der Waals surface area contributed by atoms with Crippen molar-refractivity contribution in [3.63, 3.8) is 0 Å². The molecule has 0 radical (unpaired) electrons. The highest BCUT2D eigenvalue weighted by molar-refractivity contribution is 6.03. The maximum absolute atomic E-state index is 13.6. The van der Waals surface area contributed by atoms with Gasteiger partial charge in [-0.15, -0.1) is 0 Å². The van der Waals surface area contributed by atoms with Crippen molar-refractivity contribution in [1.29, 1.82) is 0 Å². The van der Waals surface area contributed by atoms with Gasteiger partial charge in [0, 0.05) is 31.3 Å². The largest absolute Gasteiger partial charge is 0.463 e. The van der Waals surface area contributed by atoms with Crippen LogP contribution in [0.3, 0.4) is 0 Å². The van der Waals surface area contributed by atoms with Crippen LogP contribution in [0.5, 0.6) is 0 Å². The number of carbonyl (C=O) groups is 2. The summed E-state index contributed by atoms with van der Waals surface area (Å²) in [5.41, 5.74) is 1.16. The number of nitrogens with zero attached hydrogens (tertiary/aromatic N) is 2. The van der Waals surface area contributed by atoms with E-state index in [-0.39, 0.29) is 24.0 Å². The Morgan fingerprint density at radius 1 is 1.27 bits per heavy atom. The van der Waals surface area contributed by atoms with Gasteiger partial charge in [0.1, 0.15) is 11.2 Å². The third-order valence-electron chi connectivity index (χ3n) is 7.30. The van der Waals surface area contributed by atoms with Gasteiger partial charge in [-0.05, 0) is 51.4 Å². The minimum Gasteiger partial charge on any atom is -0.463 e. The van der Waals surface area contributed by atoms with Gasteiger partial charge in [-0.1, -0.05) is 6.92 Å². The number of carbonyl (C=O) groups excluding carboxylic acids is 2. The minimum absolute atomic E-state index is 0.0129. The fraction of sp³-hybridized carbons (Fsp3) is 0.652. The Morgan fingerprint density at radius 2 is 2.07 bits per heavy atom. The minimum atomic E-state index is -0.970. The Morgan fingerprint density at radius 3 is 2.80 bits per heavy atom. The second-order valence-corrected chi connectivity index (χ2v) is 9.54. The molecule has 1 saturated carbocycles. The standard InChI is InChI=1S/C23H31N3O4/c1-15-5-7-16(8-6-15)24-22(28)23(2)14-25-18-9-11-30-20(18)12-19(25)21(27)26(23)13-17-4-3-10-29-17/h9,11-12,15-17H,3-8,10,13-14H2,1-2H3,(H,24,28). The first-order valence-electron chi connectivity index (χ1n) is 11.3. The number of fused-ring (bicyclic) bond motifs is 3. The van der Waals surface area contributed by atoms with Crippen LogP contribution in [0.25, 0.3) is 11.1 Å². The van der Waals surface area contributed by atoms with E-state index >= 15 is 0 Å². The summed E-state index contributed by atoms with van der Waals surface area (Å²) in [6.45, 7) is 5.75. The van der Waals surface area contributed by atoms with Crippen LogP contribution in [0.15, 0.2) is 22.8 Å². The predicted octanol–water partition coefficient (Wildman–Crippen LogP) is 3.32. The van der Waals surface area contributed by atoms with Crippen molar-refractivity contribution in [1.82, 2.24) is 14.8 Å². The quantitative estimate of drug-likeness (QED) is 0.834. The summed E-state index contributed by atoms with van der Waals surface area (Å²) in [6.07, 6.45) is 7.81. The number of nitrogens with one attached hydrogen (secondary N) is 1. The Hall–Kier alpha value is -2.28. The van der Waals surface area contributed by atoms with E-state index in [4.69, 9.17) is 9.15 Å². The highest BCUT2D eigenvalue weighted by atomic mass is 16.5. The van der Waals surface area contributed by atoms with Crippen LogP contribution < -0.4 is 5.32 Å². The third-order valence-corrected chi connectivity index (χ3v) is 7.30. The summed E-state index contributed by atoms with van der Waals surface area (Å²) in [5, 5.41) is 3.28. The molecule has 30 heavy (non-hydrogen) atoms. The lowest BCUT2D eigenvalue weighted by Gasteiger charge is -2.45. The van der Waals surface area contributed by atoms with Gasteiger partial charge in [0.05, 0.1) is 24.4 Å². The zero-order valence-corrected chi connectivity index (χ0v) is 17.9. The highest BCUT2D eigenvalue weighted by Gasteiger charge is 2.49. The molecule has 2 aromatic rings. The lowest BCUT2D eigenvalue weighted by Crippen LogP contribution is -2.66. The first kappa shape index (κ1) is 19.7. The Balaban J connectivity index is 1.46. The number of hydrogen-bond acceptors (Lipinski definition) is 4. The summed E-state index contributed by atoms with van der Waals surface area (Å²) < 4.78 is 13.3. The van der Waals surface area contributed by atoms with Gasteiger partial charge >= 0.3 is 0 Å². The van der Waals surface area contributed by atoms with Crippen molar-refractivity contribution >= 4 is 22.9 Å². The second-order valence-electron chi connectivity index (χ2n) is 9.54. The van der Waals surface area contributed by atoms with Gasteiger partial charge < -0.3 is 23.9 Å². The fourth-order valence-corrected chi connectivity index (χ4v) is 5.30. The summed E-state index contributed by atoms with van der Waals surface area (Å²) in [5.74, 6) is 0.528. The molecule has 2 unspecified atom stereocenters. The number of furan rings is 1. The highest BCUT2D eigenvalue weighted by Crippen LogP contribution is 2.34. The Labute approximate surface area is 176 Å². The van der Waals surface area contributed by atoms with E-state index in [1.165, 1.54) is 0 Å². The molecule has 7 heteroatoms. The van der Waals surface area contributed by atoms with Crippen LogP contribution in [-0.4, -0.2) is 52.1 Å². The van der Waals surface area contributed by atoms with E-state index in [1.54, 1.807) is 17.2 Å². The molecule has 0 spiro atoms. The molecule has 162 valence electrons. The van der Waals surface area contributed by atoms with Gasteiger partial charge in [-0.25, -0.2) is 0 Å². The van der Waals surface area contributed by atoms with Crippen LogP contribution in [0.4, 0.5) is 0 Å². The second kappa shape index (κ2) is 7.45. The Bertz CT molecular complexity index is 949. The molecule has 1 aliphatic carbocycles. The summed E-state index contributed by atoms with van der Waals surface area (Å²) in [7, 11) is 0. The summed E-state index contributed by atoms with van der Waals surface area (Å²) >= 11 is 0. The average Bonchev–Trinajstić information content (AvgIpc) is 3.45. The van der Waals surface area contributed by atoms with Crippen molar-refractivity contribution in [3.05, 3.63) is 24.1 Å². The van der Waals surface area contributed by atoms with E-state index in [1.807, 2.05) is 17.6 Å². The zero-order chi connectivity index (χ0) is 20.9. The van der Waals surface area contributed by atoms with Crippen molar-refractivity contribution in [2.45, 2.75) is 76.6 Å². The maximum atomic E-state index is 13.6. The van der Waals surface area contributed by atoms with E-state index in [2.05, 4.69) is 12.2 Å². The first-order valence-corrected chi connectivity index (χ1v) is 11.3. The van der Waals surface area contributed by atoms with E-state index in [9.17, 15) is 9.59 Å². The maximum Gasteiger partial charge on any atom is 0.271 e. The molecule has 7 nitrogen and oxygen atoms in total. The number of aromatic nitrogens is 1. The molecule has 2 atom stereocenters. The van der Waals surface area contributed by atoms with Crippen molar-refractivity contribution in [3.8, 4) is 0 Å². The molecule has 0 aromatic carbocycles. The summed E-state index contributed by atoms with van der Waals surface area (Å²) in [6, 6.07) is 3.84. The topological polar surface area (TPSA) is 76.7 Å². The van der Waals surface area contributed by atoms with E-state index in [0.29, 0.717) is 24.4 Å². The molecule has 2 aromatic heterocycles. The normalized spacial score (nSPS) is 31.9. The fourth-order valence-electron chi connectivity index (χ4n) is 5.30. The molecule has 1 N–H and O–H groups in total. The van der Waals surface area contributed by atoms with Gasteiger partial charge in [0.25, 0.3) is 5.91 Å². The summed E-state index contributed by atoms with van der Waals surface area (Å²) in [4.78, 5) is 28.9. The zero-order valence-electron chi connectivity index (χ0n) is 17.9. The molecule has 4 heterocycles. The molecule has 3 aliphatic rings. The molecule has 0 bridgehead atoms. The number of hydrogen-bond donors (Lipinski definition) is 1. The van der Waals surface area contributed by atoms with Crippen LogP contribution in [-0.2, 0) is 16.1 Å². The van der Waals surface area contributed by atoms with Crippen LogP contribution in [0.2, 0.25) is 0 Å². The van der Waals surface area contributed by atoms with E-state index < -0.39 is 5.54 Å². The van der Waals surface area contributed by atoms with Crippen LogP contribution >= 0.6 is 0 Å². The molecule has 1 saturated heterocycles. The van der Waals surface area contributed by atoms with Gasteiger partial charge in [0.2, 0.25) is 5.91 Å².